The zero-order chi connectivity index (χ0) is 12.4. The molecule has 3 nitrogen and oxygen atoms in total. The second-order valence-corrected chi connectivity index (χ2v) is 5.44. The van der Waals surface area contributed by atoms with Crippen molar-refractivity contribution in [1.29, 1.82) is 0 Å². The van der Waals surface area contributed by atoms with Gasteiger partial charge in [-0.1, -0.05) is 18.5 Å². The fraction of sp³-hybridized carbons (Fsp3) is 0.615. The van der Waals surface area contributed by atoms with E-state index in [2.05, 4.69) is 29.2 Å². The highest BCUT2D eigenvalue weighted by molar-refractivity contribution is 6.33. The van der Waals surface area contributed by atoms with Gasteiger partial charge in [-0.2, -0.15) is 0 Å². The third kappa shape index (κ3) is 3.11. The van der Waals surface area contributed by atoms with Crippen LogP contribution in [-0.2, 0) is 6.54 Å². The molecule has 1 N–H and O–H groups in total. The molecule has 0 aliphatic heterocycles. The zero-order valence-corrected chi connectivity index (χ0v) is 11.5. The van der Waals surface area contributed by atoms with E-state index in [0.29, 0.717) is 0 Å². The van der Waals surface area contributed by atoms with Crippen LogP contribution in [0.2, 0.25) is 5.02 Å². The summed E-state index contributed by atoms with van der Waals surface area (Å²) < 4.78 is 0. The molecule has 0 radical (unpaired) electrons. The summed E-state index contributed by atoms with van der Waals surface area (Å²) in [5.74, 6) is 2.57. The predicted molar refractivity (Wildman–Crippen MR) is 72.6 cm³/mol. The summed E-state index contributed by atoms with van der Waals surface area (Å²) in [6, 6.07) is 1.99. The number of nitrogens with one attached hydrogen (secondary N) is 1. The monoisotopic (exact) mass is 253 g/mol. The molecule has 0 bridgehead atoms. The number of hydrogen-bond donors (Lipinski definition) is 1. The van der Waals surface area contributed by atoms with Crippen LogP contribution >= 0.6 is 11.6 Å². The molecule has 1 fully saturated rings. The molecule has 1 aromatic heterocycles. The van der Waals surface area contributed by atoms with Gasteiger partial charge in [0.25, 0.3) is 0 Å². The van der Waals surface area contributed by atoms with Gasteiger partial charge in [0.2, 0.25) is 0 Å². The summed E-state index contributed by atoms with van der Waals surface area (Å²) in [6.07, 6.45) is 3.23. The summed E-state index contributed by atoms with van der Waals surface area (Å²) in [7, 11) is 3.99. The number of rotatable bonds is 5. The van der Waals surface area contributed by atoms with E-state index in [0.717, 1.165) is 41.3 Å². The number of anilines is 1. The Balaban J connectivity index is 2.04. The minimum atomic E-state index is 0.744. The van der Waals surface area contributed by atoms with Crippen molar-refractivity contribution in [2.24, 2.45) is 11.8 Å². The molecule has 0 aromatic carbocycles. The van der Waals surface area contributed by atoms with Gasteiger partial charge in [0, 0.05) is 26.3 Å². The Morgan fingerprint density at radius 1 is 1.59 bits per heavy atom. The summed E-state index contributed by atoms with van der Waals surface area (Å²) in [5, 5.41) is 3.84. The minimum absolute atomic E-state index is 0.744. The highest BCUT2D eigenvalue weighted by Crippen LogP contribution is 2.39. The molecule has 1 aliphatic carbocycles. The van der Waals surface area contributed by atoms with Crippen molar-refractivity contribution in [3.8, 4) is 0 Å². The minimum Gasteiger partial charge on any atom is -0.358 e. The third-order valence-electron chi connectivity index (χ3n) is 3.41. The van der Waals surface area contributed by atoms with E-state index in [4.69, 9.17) is 11.6 Å². The van der Waals surface area contributed by atoms with Gasteiger partial charge in [0.15, 0.2) is 0 Å². The molecule has 2 rings (SSSR count). The van der Waals surface area contributed by atoms with E-state index in [-0.39, 0.29) is 0 Å². The van der Waals surface area contributed by atoms with Crippen LogP contribution < -0.4 is 10.2 Å². The van der Waals surface area contributed by atoms with Gasteiger partial charge in [-0.15, -0.1) is 0 Å². The second-order valence-electron chi connectivity index (χ2n) is 5.03. The Hall–Kier alpha value is -0.800. The normalized spacial score (nSPS) is 22.6. The smallest absolute Gasteiger partial charge is 0.147 e. The quantitative estimate of drug-likeness (QED) is 0.874. The second kappa shape index (κ2) is 5.23. The highest BCUT2D eigenvalue weighted by Gasteiger charge is 2.33. The lowest BCUT2D eigenvalue weighted by Crippen LogP contribution is -2.22. The third-order valence-corrected chi connectivity index (χ3v) is 3.68. The fourth-order valence-corrected chi connectivity index (χ4v) is 2.48. The van der Waals surface area contributed by atoms with Crippen molar-refractivity contribution in [2.45, 2.75) is 19.9 Å². The average molecular weight is 254 g/mol. The van der Waals surface area contributed by atoms with Crippen LogP contribution in [0.15, 0.2) is 12.3 Å². The lowest BCUT2D eigenvalue weighted by molar-refractivity contribution is 0.718. The molecular weight excluding hydrogens is 234 g/mol. The average Bonchev–Trinajstić information content (AvgIpc) is 2.94. The maximum atomic E-state index is 6.27. The molecule has 1 heterocycles. The number of hydrogen-bond acceptors (Lipinski definition) is 3. The summed E-state index contributed by atoms with van der Waals surface area (Å²) in [4.78, 5) is 6.62. The van der Waals surface area contributed by atoms with Gasteiger partial charge in [-0.25, -0.2) is 4.98 Å². The van der Waals surface area contributed by atoms with Crippen LogP contribution in [0, 0.1) is 11.8 Å². The Labute approximate surface area is 108 Å². The maximum absolute atomic E-state index is 6.27. The van der Waals surface area contributed by atoms with Crippen LogP contribution in [0.1, 0.15) is 18.9 Å². The molecule has 1 aromatic rings. The fourth-order valence-electron chi connectivity index (χ4n) is 2.14. The molecular formula is C13H20ClN3. The molecule has 0 spiro atoms. The van der Waals surface area contributed by atoms with Crippen LogP contribution in [-0.4, -0.2) is 25.6 Å². The largest absolute Gasteiger partial charge is 0.358 e. The molecule has 0 saturated heterocycles. The van der Waals surface area contributed by atoms with Gasteiger partial charge in [0.05, 0.1) is 5.02 Å². The molecule has 2 unspecified atom stereocenters. The molecule has 2 atom stereocenters. The van der Waals surface area contributed by atoms with E-state index in [9.17, 15) is 0 Å². The summed E-state index contributed by atoms with van der Waals surface area (Å²) in [6.45, 7) is 4.15. The molecule has 4 heteroatoms. The lowest BCUT2D eigenvalue weighted by Gasteiger charge is -2.19. The van der Waals surface area contributed by atoms with Gasteiger partial charge in [-0.3, -0.25) is 0 Å². The van der Waals surface area contributed by atoms with Crippen LogP contribution in [0.3, 0.4) is 0 Å². The highest BCUT2D eigenvalue weighted by atomic mass is 35.5. The van der Waals surface area contributed by atoms with Crippen molar-refractivity contribution >= 4 is 17.4 Å². The molecule has 1 saturated carbocycles. The number of pyridine rings is 1. The number of nitrogens with zero attached hydrogens (tertiary/aromatic N) is 2. The van der Waals surface area contributed by atoms with E-state index in [1.54, 1.807) is 0 Å². The first-order valence-electron chi connectivity index (χ1n) is 6.12. The van der Waals surface area contributed by atoms with E-state index in [1.807, 2.05) is 19.3 Å². The predicted octanol–water partition coefficient (Wildman–Crippen LogP) is 2.55. The summed E-state index contributed by atoms with van der Waals surface area (Å²) in [5.41, 5.74) is 1.12. The molecule has 1 aliphatic rings. The van der Waals surface area contributed by atoms with Gasteiger partial charge in [-0.05, 0) is 36.9 Å². The van der Waals surface area contributed by atoms with Crippen LogP contribution in [0.25, 0.3) is 0 Å². The topological polar surface area (TPSA) is 28.2 Å². The maximum Gasteiger partial charge on any atom is 0.147 e. The first kappa shape index (κ1) is 12.7. The first-order chi connectivity index (χ1) is 8.11. The van der Waals surface area contributed by atoms with Crippen molar-refractivity contribution in [3.05, 3.63) is 22.8 Å². The molecule has 17 heavy (non-hydrogen) atoms. The Kier molecular flexibility index (Phi) is 3.89. The first-order valence-corrected chi connectivity index (χ1v) is 6.49. The van der Waals surface area contributed by atoms with Crippen molar-refractivity contribution in [2.75, 3.05) is 25.5 Å². The standard InChI is InChI=1S/C13H20ClN3/c1-9-4-11(9)8-17(3)13-12(14)5-10(6-15-2)7-16-13/h5,7,9,11,15H,4,6,8H2,1-3H3. The lowest BCUT2D eigenvalue weighted by atomic mass is 10.2. The Bertz CT molecular complexity index is 394. The van der Waals surface area contributed by atoms with Crippen molar-refractivity contribution < 1.29 is 0 Å². The van der Waals surface area contributed by atoms with Gasteiger partial charge < -0.3 is 10.2 Å². The Morgan fingerprint density at radius 3 is 2.82 bits per heavy atom. The van der Waals surface area contributed by atoms with Crippen LogP contribution in [0.4, 0.5) is 5.82 Å². The number of aromatic nitrogens is 1. The van der Waals surface area contributed by atoms with E-state index >= 15 is 0 Å². The van der Waals surface area contributed by atoms with Crippen molar-refractivity contribution in [1.82, 2.24) is 10.3 Å². The summed E-state index contributed by atoms with van der Waals surface area (Å²) >= 11 is 6.27. The van der Waals surface area contributed by atoms with Crippen molar-refractivity contribution in [3.63, 3.8) is 0 Å². The van der Waals surface area contributed by atoms with E-state index < -0.39 is 0 Å². The molecule has 94 valence electrons. The molecule has 0 amide bonds. The van der Waals surface area contributed by atoms with Crippen LogP contribution in [0.5, 0.6) is 0 Å². The van der Waals surface area contributed by atoms with Gasteiger partial charge in [0.1, 0.15) is 5.82 Å². The number of halogens is 1. The van der Waals surface area contributed by atoms with Gasteiger partial charge >= 0.3 is 0 Å². The zero-order valence-electron chi connectivity index (χ0n) is 10.7. The SMILES string of the molecule is CNCc1cnc(N(C)CC2CC2C)c(Cl)c1. The van der Waals surface area contributed by atoms with E-state index in [1.165, 1.54) is 6.42 Å². The Morgan fingerprint density at radius 2 is 2.29 bits per heavy atom.